The SMILES string of the molecule is [CH2+]S(=O)(=O)[O-]. The van der Waals surface area contributed by atoms with E-state index >= 15 is 0 Å². The van der Waals surface area contributed by atoms with Gasteiger partial charge in [0.15, 0.2) is 6.26 Å². The van der Waals surface area contributed by atoms with Gasteiger partial charge in [0.25, 0.3) is 0 Å². The lowest BCUT2D eigenvalue weighted by Gasteiger charge is -1.80. The molecular formula is CH2O3S. The van der Waals surface area contributed by atoms with Crippen LogP contribution in [-0.4, -0.2) is 13.0 Å². The molecule has 0 rings (SSSR count). The topological polar surface area (TPSA) is 57.2 Å². The molecule has 0 heterocycles. The first-order chi connectivity index (χ1) is 2.00. The third kappa shape index (κ3) is 247. The van der Waals surface area contributed by atoms with Crippen LogP contribution in [0.15, 0.2) is 0 Å². The largest absolute Gasteiger partial charge is 0.711 e. The standard InChI is InChI=1S/CH2O3S/c1-5(2,3)4/h1H2. The molecular weight excluding hydrogens is 92.1 g/mol. The van der Waals surface area contributed by atoms with Crippen molar-refractivity contribution in [3.8, 4) is 0 Å². The summed E-state index contributed by atoms with van der Waals surface area (Å²) >= 11 is 0. The van der Waals surface area contributed by atoms with Gasteiger partial charge < -0.3 is 4.55 Å². The molecule has 0 aliphatic heterocycles. The summed E-state index contributed by atoms with van der Waals surface area (Å²) in [4.78, 5) is 0. The summed E-state index contributed by atoms with van der Waals surface area (Å²) in [6, 6.07) is 0. The van der Waals surface area contributed by atoms with Crippen molar-refractivity contribution in [1.29, 1.82) is 0 Å². The molecule has 0 unspecified atom stereocenters. The molecule has 0 aromatic carbocycles. The van der Waals surface area contributed by atoms with Gasteiger partial charge in [-0.25, -0.2) is 0 Å². The first-order valence-electron chi connectivity index (χ1n) is 0.789. The van der Waals surface area contributed by atoms with E-state index in [-0.39, 0.29) is 0 Å². The zero-order valence-corrected chi connectivity index (χ0v) is 3.16. The zero-order valence-electron chi connectivity index (χ0n) is 2.34. The van der Waals surface area contributed by atoms with Crippen molar-refractivity contribution >= 4 is 10.1 Å². The molecule has 4 heteroatoms. The maximum Gasteiger partial charge on any atom is 0.247 e. The van der Waals surface area contributed by atoms with E-state index in [1.807, 2.05) is 0 Å². The Morgan fingerprint density at radius 2 is 1.60 bits per heavy atom. The minimum atomic E-state index is -4.17. The van der Waals surface area contributed by atoms with Crippen molar-refractivity contribution in [2.24, 2.45) is 0 Å². The van der Waals surface area contributed by atoms with Crippen LogP contribution < -0.4 is 0 Å². The molecule has 3 nitrogen and oxygen atoms in total. The molecule has 0 amide bonds. The summed E-state index contributed by atoms with van der Waals surface area (Å²) in [7, 11) is -4.17. The Balaban J connectivity index is 4.06. The van der Waals surface area contributed by atoms with Gasteiger partial charge in [0, 0.05) is 0 Å². The smallest absolute Gasteiger partial charge is 0.247 e. The van der Waals surface area contributed by atoms with Crippen LogP contribution in [0.25, 0.3) is 0 Å². The molecule has 0 aliphatic carbocycles. The quantitative estimate of drug-likeness (QED) is 0.295. The Bertz CT molecular complexity index is 90.1. The van der Waals surface area contributed by atoms with Gasteiger partial charge in [-0.3, -0.25) is 0 Å². The first kappa shape index (κ1) is 4.78. The average Bonchev–Trinajstić information content (AvgIpc) is 0.722. The van der Waals surface area contributed by atoms with E-state index in [0.717, 1.165) is 0 Å². The van der Waals surface area contributed by atoms with Crippen molar-refractivity contribution < 1.29 is 13.0 Å². The third-order valence-electron chi connectivity index (χ3n) is 0. The van der Waals surface area contributed by atoms with Crippen molar-refractivity contribution in [2.75, 3.05) is 0 Å². The van der Waals surface area contributed by atoms with Crippen LogP contribution in [0.2, 0.25) is 0 Å². The van der Waals surface area contributed by atoms with Crippen LogP contribution >= 0.6 is 0 Å². The molecule has 0 aromatic heterocycles. The van der Waals surface area contributed by atoms with Crippen molar-refractivity contribution in [3.05, 3.63) is 6.26 Å². The molecule has 0 spiro atoms. The fourth-order valence-corrected chi connectivity index (χ4v) is 0. The lowest BCUT2D eigenvalue weighted by atomic mass is 12.0. The molecule has 0 bridgehead atoms. The van der Waals surface area contributed by atoms with E-state index in [9.17, 15) is 0 Å². The number of hydrogen-bond donors (Lipinski definition) is 0. The van der Waals surface area contributed by atoms with Gasteiger partial charge in [0.05, 0.1) is 0 Å². The molecule has 0 saturated heterocycles. The van der Waals surface area contributed by atoms with Gasteiger partial charge in [-0.2, -0.15) is 8.42 Å². The monoisotopic (exact) mass is 94.0 g/mol. The first-order valence-corrected chi connectivity index (χ1v) is 2.37. The summed E-state index contributed by atoms with van der Waals surface area (Å²) in [5.74, 6) is 0. The second kappa shape index (κ2) is 0.874. The molecule has 0 atom stereocenters. The van der Waals surface area contributed by atoms with Crippen LogP contribution in [0.4, 0.5) is 0 Å². The molecule has 0 saturated carbocycles. The summed E-state index contributed by atoms with van der Waals surface area (Å²) in [5.41, 5.74) is 0. The van der Waals surface area contributed by atoms with Gasteiger partial charge in [-0.05, 0) is 0 Å². The predicted molar refractivity (Wildman–Crippen MR) is 15.1 cm³/mol. The van der Waals surface area contributed by atoms with E-state index in [4.69, 9.17) is 13.0 Å². The van der Waals surface area contributed by atoms with E-state index in [1.54, 1.807) is 0 Å². The second-order valence-corrected chi connectivity index (χ2v) is 1.67. The molecule has 0 aliphatic rings. The Morgan fingerprint density at radius 1 is 1.60 bits per heavy atom. The van der Waals surface area contributed by atoms with Gasteiger partial charge in [-0.1, -0.05) is 0 Å². The van der Waals surface area contributed by atoms with Gasteiger partial charge in [0.1, 0.15) is 0 Å². The summed E-state index contributed by atoms with van der Waals surface area (Å²) in [6.07, 6.45) is 2.19. The summed E-state index contributed by atoms with van der Waals surface area (Å²) < 4.78 is 26.9. The van der Waals surface area contributed by atoms with E-state index in [1.165, 1.54) is 0 Å². The molecule has 5 heavy (non-hydrogen) atoms. The van der Waals surface area contributed by atoms with Crippen LogP contribution in [-0.2, 0) is 10.1 Å². The van der Waals surface area contributed by atoms with E-state index < -0.39 is 10.1 Å². The van der Waals surface area contributed by atoms with Crippen molar-refractivity contribution in [3.63, 3.8) is 0 Å². The zero-order chi connectivity index (χ0) is 4.50. The highest BCUT2D eigenvalue weighted by Gasteiger charge is 1.78. The lowest BCUT2D eigenvalue weighted by molar-refractivity contribution is 0.473. The average molecular weight is 94.1 g/mol. The van der Waals surface area contributed by atoms with Crippen molar-refractivity contribution in [2.45, 2.75) is 0 Å². The fourth-order valence-electron chi connectivity index (χ4n) is 0. The van der Waals surface area contributed by atoms with Crippen LogP contribution in [0, 0.1) is 6.26 Å². The Labute approximate surface area is 30.4 Å². The van der Waals surface area contributed by atoms with E-state index in [2.05, 4.69) is 6.26 Å². The maximum absolute atomic E-state index is 8.97. The van der Waals surface area contributed by atoms with Crippen LogP contribution in [0.3, 0.4) is 0 Å². The molecule has 30 valence electrons. The summed E-state index contributed by atoms with van der Waals surface area (Å²) in [6.45, 7) is 0. The van der Waals surface area contributed by atoms with Gasteiger partial charge >= 0.3 is 0 Å². The highest BCUT2D eigenvalue weighted by molar-refractivity contribution is 7.86. The Hall–Kier alpha value is -0.220. The highest BCUT2D eigenvalue weighted by atomic mass is 32.2. The van der Waals surface area contributed by atoms with Crippen LogP contribution in [0.1, 0.15) is 0 Å². The lowest BCUT2D eigenvalue weighted by Crippen LogP contribution is -1.84. The van der Waals surface area contributed by atoms with Crippen molar-refractivity contribution in [1.82, 2.24) is 0 Å². The van der Waals surface area contributed by atoms with Crippen LogP contribution in [0.5, 0.6) is 0 Å². The third-order valence-corrected chi connectivity index (χ3v) is 0. The predicted octanol–water partition coefficient (Wildman–Crippen LogP) is -0.677. The Kier molecular flexibility index (Phi) is 0.836. The fraction of sp³-hybridized carbons (Fsp3) is 0. The molecule has 0 aromatic rings. The number of hydrogen-bond acceptors (Lipinski definition) is 3. The second-order valence-electron chi connectivity index (χ2n) is 0.558. The Morgan fingerprint density at radius 3 is 1.60 bits per heavy atom. The number of rotatable bonds is 0. The maximum atomic E-state index is 8.97. The van der Waals surface area contributed by atoms with Gasteiger partial charge in [-0.15, -0.1) is 0 Å². The highest BCUT2D eigenvalue weighted by Crippen LogP contribution is 1.65. The normalized spacial score (nSPS) is 11.4. The molecule has 0 radical (unpaired) electrons. The van der Waals surface area contributed by atoms with Gasteiger partial charge in [0.2, 0.25) is 10.1 Å². The summed E-state index contributed by atoms with van der Waals surface area (Å²) in [5, 5.41) is 0. The van der Waals surface area contributed by atoms with E-state index in [0.29, 0.717) is 0 Å². The molecule has 0 N–H and O–H groups in total. The molecule has 0 fully saturated rings. The minimum absolute atomic E-state index is 2.19. The minimum Gasteiger partial charge on any atom is -0.711 e.